The zero-order valence-corrected chi connectivity index (χ0v) is 13.8. The molecule has 1 amide bonds. The van der Waals surface area contributed by atoms with Crippen LogP contribution in [0.5, 0.6) is 0 Å². The molecule has 3 rings (SSSR count). The number of aromatic nitrogens is 3. The summed E-state index contributed by atoms with van der Waals surface area (Å²) in [6.07, 6.45) is 4.27. The Balaban J connectivity index is 1.56. The maximum atomic E-state index is 12.6. The van der Waals surface area contributed by atoms with Crippen LogP contribution in [0.3, 0.4) is 0 Å². The highest BCUT2D eigenvalue weighted by molar-refractivity contribution is 5.78. The van der Waals surface area contributed by atoms with E-state index < -0.39 is 0 Å². The first-order chi connectivity index (χ1) is 10.5. The van der Waals surface area contributed by atoms with Crippen molar-refractivity contribution in [3.63, 3.8) is 0 Å². The van der Waals surface area contributed by atoms with Crippen molar-refractivity contribution in [2.45, 2.75) is 58.6 Å². The van der Waals surface area contributed by atoms with Crippen LogP contribution in [0.4, 0.5) is 0 Å². The quantitative estimate of drug-likeness (QED) is 0.853. The predicted molar refractivity (Wildman–Crippen MR) is 82.4 cm³/mol. The second kappa shape index (κ2) is 5.99. The average molecular weight is 306 g/mol. The number of likely N-dealkylation sites (tertiary alicyclic amines) is 1. The minimum absolute atomic E-state index is 0.0691. The maximum Gasteiger partial charge on any atom is 0.227 e. The SMILES string of the molecule is Cc1nc(C)n(C[C@@H](C)C(=O)N2CCC3(CCCO3)CC2)n1. The largest absolute Gasteiger partial charge is 0.375 e. The molecule has 0 saturated carbocycles. The Hall–Kier alpha value is -1.43. The number of ether oxygens (including phenoxy) is 1. The van der Waals surface area contributed by atoms with Gasteiger partial charge in [-0.2, -0.15) is 5.10 Å². The number of carbonyl (C=O) groups excluding carboxylic acids is 1. The Kier molecular flexibility index (Phi) is 4.21. The van der Waals surface area contributed by atoms with E-state index in [0.717, 1.165) is 57.0 Å². The second-order valence-electron chi connectivity index (χ2n) is 6.75. The van der Waals surface area contributed by atoms with Crippen LogP contribution in [-0.4, -0.2) is 50.9 Å². The minimum Gasteiger partial charge on any atom is -0.375 e. The average Bonchev–Trinajstić information content (AvgIpc) is 3.06. The summed E-state index contributed by atoms with van der Waals surface area (Å²) in [4.78, 5) is 18.9. The van der Waals surface area contributed by atoms with Crippen molar-refractivity contribution < 1.29 is 9.53 Å². The molecule has 3 heterocycles. The van der Waals surface area contributed by atoms with Crippen LogP contribution in [0.15, 0.2) is 0 Å². The lowest BCUT2D eigenvalue weighted by Gasteiger charge is -2.39. The summed E-state index contributed by atoms with van der Waals surface area (Å²) in [5.74, 6) is 1.78. The third-order valence-corrected chi connectivity index (χ3v) is 5.00. The van der Waals surface area contributed by atoms with E-state index in [1.807, 2.05) is 30.4 Å². The van der Waals surface area contributed by atoms with Crippen LogP contribution < -0.4 is 0 Å². The standard InChI is InChI=1S/C16H26N4O2/c1-12(11-20-14(3)17-13(2)18-20)15(21)19-8-6-16(7-9-19)5-4-10-22-16/h12H,4-11H2,1-3H3/t12-/m1/s1. The van der Waals surface area contributed by atoms with Crippen molar-refractivity contribution in [2.75, 3.05) is 19.7 Å². The smallest absolute Gasteiger partial charge is 0.227 e. The number of hydrogen-bond donors (Lipinski definition) is 0. The summed E-state index contributed by atoms with van der Waals surface area (Å²) in [5, 5.41) is 4.35. The van der Waals surface area contributed by atoms with E-state index in [-0.39, 0.29) is 17.4 Å². The lowest BCUT2D eigenvalue weighted by molar-refractivity contribution is -0.140. The molecule has 2 aliphatic heterocycles. The number of carbonyl (C=O) groups is 1. The molecular weight excluding hydrogens is 280 g/mol. The van der Waals surface area contributed by atoms with E-state index in [2.05, 4.69) is 10.1 Å². The summed E-state index contributed by atoms with van der Waals surface area (Å²) in [7, 11) is 0. The molecule has 6 heteroatoms. The molecule has 2 saturated heterocycles. The van der Waals surface area contributed by atoms with Gasteiger partial charge in [0.25, 0.3) is 0 Å². The molecule has 0 aliphatic carbocycles. The molecular formula is C16H26N4O2. The molecule has 2 aliphatic rings. The molecule has 0 radical (unpaired) electrons. The first-order valence-corrected chi connectivity index (χ1v) is 8.30. The third-order valence-electron chi connectivity index (χ3n) is 5.00. The van der Waals surface area contributed by atoms with Crippen LogP contribution in [0.25, 0.3) is 0 Å². The number of hydrogen-bond acceptors (Lipinski definition) is 4. The predicted octanol–water partition coefficient (Wildman–Crippen LogP) is 1.70. The van der Waals surface area contributed by atoms with Gasteiger partial charge >= 0.3 is 0 Å². The van der Waals surface area contributed by atoms with Crippen LogP contribution in [0.1, 0.15) is 44.3 Å². The van der Waals surface area contributed by atoms with Crippen molar-refractivity contribution >= 4 is 5.91 Å². The molecule has 0 unspecified atom stereocenters. The Morgan fingerprint density at radius 1 is 1.32 bits per heavy atom. The molecule has 0 N–H and O–H groups in total. The Labute approximate surface area is 131 Å². The van der Waals surface area contributed by atoms with Gasteiger partial charge in [0.15, 0.2) is 0 Å². The zero-order chi connectivity index (χ0) is 15.7. The second-order valence-corrected chi connectivity index (χ2v) is 6.75. The highest BCUT2D eigenvalue weighted by Crippen LogP contribution is 2.35. The van der Waals surface area contributed by atoms with Gasteiger partial charge in [-0.15, -0.1) is 0 Å². The van der Waals surface area contributed by atoms with Gasteiger partial charge in [0.2, 0.25) is 5.91 Å². The minimum atomic E-state index is -0.0710. The van der Waals surface area contributed by atoms with Gasteiger partial charge in [0.1, 0.15) is 11.6 Å². The molecule has 1 atom stereocenters. The summed E-state index contributed by atoms with van der Waals surface area (Å²) in [6.45, 7) is 8.91. The van der Waals surface area contributed by atoms with Crippen molar-refractivity contribution in [2.24, 2.45) is 5.92 Å². The highest BCUT2D eigenvalue weighted by Gasteiger charge is 2.39. The molecule has 6 nitrogen and oxygen atoms in total. The molecule has 22 heavy (non-hydrogen) atoms. The first-order valence-electron chi connectivity index (χ1n) is 8.30. The number of nitrogens with zero attached hydrogens (tertiary/aromatic N) is 4. The molecule has 1 spiro atoms. The van der Waals surface area contributed by atoms with Gasteiger partial charge in [-0.1, -0.05) is 6.92 Å². The van der Waals surface area contributed by atoms with Gasteiger partial charge < -0.3 is 9.64 Å². The fourth-order valence-corrected chi connectivity index (χ4v) is 3.67. The molecule has 1 aromatic rings. The number of amides is 1. The van der Waals surface area contributed by atoms with Crippen LogP contribution in [0, 0.1) is 19.8 Å². The van der Waals surface area contributed by atoms with Gasteiger partial charge in [0.05, 0.1) is 18.1 Å². The van der Waals surface area contributed by atoms with E-state index in [9.17, 15) is 4.79 Å². The molecule has 122 valence electrons. The van der Waals surface area contributed by atoms with E-state index in [4.69, 9.17) is 4.74 Å². The van der Waals surface area contributed by atoms with E-state index in [1.165, 1.54) is 0 Å². The Bertz CT molecular complexity index is 538. The number of aryl methyl sites for hydroxylation is 2. The lowest BCUT2D eigenvalue weighted by Crippen LogP contribution is -2.48. The fraction of sp³-hybridized carbons (Fsp3) is 0.812. The zero-order valence-electron chi connectivity index (χ0n) is 13.8. The van der Waals surface area contributed by atoms with E-state index in [1.54, 1.807) is 0 Å². The van der Waals surface area contributed by atoms with Gasteiger partial charge in [0, 0.05) is 19.7 Å². The normalized spacial score (nSPS) is 22.2. The number of rotatable bonds is 3. The first kappa shape index (κ1) is 15.5. The highest BCUT2D eigenvalue weighted by atomic mass is 16.5. The maximum absolute atomic E-state index is 12.6. The fourth-order valence-electron chi connectivity index (χ4n) is 3.67. The van der Waals surface area contributed by atoms with Crippen molar-refractivity contribution in [1.29, 1.82) is 0 Å². The van der Waals surface area contributed by atoms with Crippen LogP contribution >= 0.6 is 0 Å². The molecule has 1 aromatic heterocycles. The van der Waals surface area contributed by atoms with E-state index >= 15 is 0 Å². The number of piperidine rings is 1. The third kappa shape index (κ3) is 3.02. The van der Waals surface area contributed by atoms with E-state index in [0.29, 0.717) is 6.54 Å². The lowest BCUT2D eigenvalue weighted by atomic mass is 9.88. The van der Waals surface area contributed by atoms with Crippen molar-refractivity contribution in [1.82, 2.24) is 19.7 Å². The van der Waals surface area contributed by atoms with Crippen LogP contribution in [0.2, 0.25) is 0 Å². The summed E-state index contributed by atoms with van der Waals surface area (Å²) >= 11 is 0. The monoisotopic (exact) mass is 306 g/mol. The van der Waals surface area contributed by atoms with Gasteiger partial charge in [-0.25, -0.2) is 9.67 Å². The topological polar surface area (TPSA) is 60.2 Å². The van der Waals surface area contributed by atoms with Gasteiger partial charge in [-0.3, -0.25) is 4.79 Å². The van der Waals surface area contributed by atoms with Crippen LogP contribution in [-0.2, 0) is 16.1 Å². The Morgan fingerprint density at radius 2 is 2.05 bits per heavy atom. The summed E-state index contributed by atoms with van der Waals surface area (Å²) < 4.78 is 7.76. The molecule has 0 bridgehead atoms. The van der Waals surface area contributed by atoms with Gasteiger partial charge in [-0.05, 0) is 39.5 Å². The summed E-state index contributed by atoms with van der Waals surface area (Å²) in [5.41, 5.74) is 0.0691. The van der Waals surface area contributed by atoms with Crippen molar-refractivity contribution in [3.8, 4) is 0 Å². The molecule has 0 aromatic carbocycles. The van der Waals surface area contributed by atoms with Crippen molar-refractivity contribution in [3.05, 3.63) is 11.6 Å². The summed E-state index contributed by atoms with van der Waals surface area (Å²) in [6, 6.07) is 0. The molecule has 2 fully saturated rings. The Morgan fingerprint density at radius 3 is 2.59 bits per heavy atom.